The van der Waals surface area contributed by atoms with Crippen LogP contribution in [0.5, 0.6) is 11.5 Å². The van der Waals surface area contributed by atoms with E-state index in [4.69, 9.17) is 14.7 Å². The molecule has 0 fully saturated rings. The highest BCUT2D eigenvalue weighted by Crippen LogP contribution is 2.57. The topological polar surface area (TPSA) is 35.0 Å². The summed E-state index contributed by atoms with van der Waals surface area (Å²) in [6.07, 6.45) is 0. The summed E-state index contributed by atoms with van der Waals surface area (Å²) in [5, 5.41) is 2.29. The fourth-order valence-electron chi connectivity index (χ4n) is 9.72. The Morgan fingerprint density at radius 3 is 1.60 bits per heavy atom. The largest absolute Gasteiger partial charge is 0.456 e. The van der Waals surface area contributed by atoms with Gasteiger partial charge in [-0.25, -0.2) is 9.97 Å². The quantitative estimate of drug-likeness (QED) is 0.169. The van der Waals surface area contributed by atoms with Crippen molar-refractivity contribution in [3.05, 3.63) is 241 Å². The summed E-state index contributed by atoms with van der Waals surface area (Å²) in [7, 11) is 0. The predicted molar refractivity (Wildman–Crippen MR) is 244 cm³/mol. The summed E-state index contributed by atoms with van der Waals surface area (Å²) in [5.74, 6) is 2.38. The van der Waals surface area contributed by atoms with Crippen molar-refractivity contribution in [2.45, 2.75) is 5.41 Å². The van der Waals surface area contributed by atoms with Gasteiger partial charge in [0.2, 0.25) is 0 Å². The molecule has 0 saturated carbocycles. The van der Waals surface area contributed by atoms with Crippen molar-refractivity contribution in [1.82, 2.24) is 9.97 Å². The molecular weight excluding hydrogens is 729 g/mol. The molecule has 2 aliphatic rings. The fourth-order valence-corrected chi connectivity index (χ4v) is 9.72. The van der Waals surface area contributed by atoms with Crippen LogP contribution in [0.4, 0.5) is 0 Å². The van der Waals surface area contributed by atoms with Crippen LogP contribution in [0.3, 0.4) is 0 Å². The van der Waals surface area contributed by atoms with E-state index in [-0.39, 0.29) is 0 Å². The highest BCUT2D eigenvalue weighted by atomic mass is 16.5. The second-order valence-corrected chi connectivity index (χ2v) is 15.6. The number of ether oxygens (including phenoxy) is 1. The number of nitrogens with zero attached hydrogens (tertiary/aromatic N) is 2. The van der Waals surface area contributed by atoms with Gasteiger partial charge in [-0.3, -0.25) is 0 Å². The van der Waals surface area contributed by atoms with Gasteiger partial charge in [-0.1, -0.05) is 182 Å². The molecule has 60 heavy (non-hydrogen) atoms. The molecule has 0 unspecified atom stereocenters. The third kappa shape index (κ3) is 5.23. The highest BCUT2D eigenvalue weighted by molar-refractivity contribution is 6.10. The van der Waals surface area contributed by atoms with Crippen molar-refractivity contribution in [1.29, 1.82) is 0 Å². The molecule has 0 spiro atoms. The SMILES string of the molecule is c1ccc(-c2nc(-c3ccc4c(c3)-c3cccc5c(-c6ccccc6)ccc(c35)O4)cc(-c3ccc4c(c3)C(c3ccccc3)(c3ccccc3)c3ccccc3-4)n2)cc1. The second-order valence-electron chi connectivity index (χ2n) is 15.6. The molecule has 0 saturated heterocycles. The van der Waals surface area contributed by atoms with E-state index in [9.17, 15) is 0 Å². The van der Waals surface area contributed by atoms with Gasteiger partial charge in [-0.15, -0.1) is 0 Å². The molecule has 0 radical (unpaired) electrons. The molecule has 2 heterocycles. The Balaban J connectivity index is 1.05. The highest BCUT2D eigenvalue weighted by Gasteiger charge is 2.46. The summed E-state index contributed by atoms with van der Waals surface area (Å²) in [6, 6.07) is 77.9. The molecule has 9 aromatic carbocycles. The van der Waals surface area contributed by atoms with E-state index in [1.165, 1.54) is 49.9 Å². The Hall–Kier alpha value is -7.88. The first kappa shape index (κ1) is 34.2. The lowest BCUT2D eigenvalue weighted by Crippen LogP contribution is -2.28. The molecule has 0 atom stereocenters. The van der Waals surface area contributed by atoms with Crippen LogP contribution in [0.1, 0.15) is 22.3 Å². The van der Waals surface area contributed by atoms with Crippen LogP contribution in [0.15, 0.2) is 218 Å². The van der Waals surface area contributed by atoms with Crippen molar-refractivity contribution in [2.24, 2.45) is 0 Å². The average molecular weight is 765 g/mol. The molecule has 12 rings (SSSR count). The predicted octanol–water partition coefficient (Wildman–Crippen LogP) is 14.4. The summed E-state index contributed by atoms with van der Waals surface area (Å²) in [6.45, 7) is 0. The Bertz CT molecular complexity index is 3230. The van der Waals surface area contributed by atoms with Gasteiger partial charge in [0, 0.05) is 27.6 Å². The van der Waals surface area contributed by atoms with Crippen molar-refractivity contribution >= 4 is 10.8 Å². The monoisotopic (exact) mass is 764 g/mol. The van der Waals surface area contributed by atoms with E-state index in [1.54, 1.807) is 0 Å². The van der Waals surface area contributed by atoms with Crippen LogP contribution in [0.25, 0.3) is 78.1 Å². The minimum Gasteiger partial charge on any atom is -0.456 e. The van der Waals surface area contributed by atoms with E-state index in [0.717, 1.165) is 56.1 Å². The zero-order chi connectivity index (χ0) is 39.6. The number of fused-ring (bicyclic) bond motifs is 5. The summed E-state index contributed by atoms with van der Waals surface area (Å²) in [4.78, 5) is 10.6. The number of aromatic nitrogens is 2. The Kier molecular flexibility index (Phi) is 7.76. The van der Waals surface area contributed by atoms with E-state index in [1.807, 2.05) is 18.2 Å². The molecule has 0 bridgehead atoms. The van der Waals surface area contributed by atoms with Gasteiger partial charge in [-0.2, -0.15) is 0 Å². The first-order valence-corrected chi connectivity index (χ1v) is 20.5. The van der Waals surface area contributed by atoms with E-state index in [0.29, 0.717) is 5.82 Å². The fraction of sp³-hybridized carbons (Fsp3) is 0.0175. The first-order valence-electron chi connectivity index (χ1n) is 20.5. The Morgan fingerprint density at radius 1 is 0.333 bits per heavy atom. The Morgan fingerprint density at radius 2 is 0.883 bits per heavy atom. The molecular formula is C57H36N2O. The van der Waals surface area contributed by atoms with Gasteiger partial charge >= 0.3 is 0 Å². The molecule has 1 aliphatic carbocycles. The summed E-state index contributed by atoms with van der Waals surface area (Å²) < 4.78 is 6.65. The summed E-state index contributed by atoms with van der Waals surface area (Å²) >= 11 is 0. The number of benzene rings is 9. The molecule has 280 valence electrons. The molecule has 0 amide bonds. The van der Waals surface area contributed by atoms with E-state index < -0.39 is 5.41 Å². The number of rotatable bonds is 6. The van der Waals surface area contributed by atoms with Gasteiger partial charge in [0.15, 0.2) is 5.82 Å². The van der Waals surface area contributed by atoms with Gasteiger partial charge in [-0.05, 0) is 91.9 Å². The minimum absolute atomic E-state index is 0.515. The molecule has 3 nitrogen and oxygen atoms in total. The van der Waals surface area contributed by atoms with Crippen molar-refractivity contribution in [3.8, 4) is 78.8 Å². The van der Waals surface area contributed by atoms with Crippen LogP contribution in [0, 0.1) is 0 Å². The first-order chi connectivity index (χ1) is 29.7. The van der Waals surface area contributed by atoms with Crippen molar-refractivity contribution in [2.75, 3.05) is 0 Å². The van der Waals surface area contributed by atoms with Crippen LogP contribution in [-0.4, -0.2) is 9.97 Å². The third-order valence-electron chi connectivity index (χ3n) is 12.4. The van der Waals surface area contributed by atoms with E-state index in [2.05, 4.69) is 200 Å². The van der Waals surface area contributed by atoms with Crippen molar-refractivity contribution in [3.63, 3.8) is 0 Å². The molecule has 3 heteroatoms. The van der Waals surface area contributed by atoms with Gasteiger partial charge in [0.1, 0.15) is 11.5 Å². The van der Waals surface area contributed by atoms with Crippen LogP contribution >= 0.6 is 0 Å². The smallest absolute Gasteiger partial charge is 0.160 e. The molecule has 10 aromatic rings. The van der Waals surface area contributed by atoms with Crippen molar-refractivity contribution < 1.29 is 4.74 Å². The maximum Gasteiger partial charge on any atom is 0.160 e. The Labute approximate surface area is 348 Å². The van der Waals surface area contributed by atoms with E-state index >= 15 is 0 Å². The van der Waals surface area contributed by atoms with Gasteiger partial charge < -0.3 is 4.74 Å². The van der Waals surface area contributed by atoms with Gasteiger partial charge in [0.05, 0.1) is 16.8 Å². The van der Waals surface area contributed by atoms with Gasteiger partial charge in [0.25, 0.3) is 0 Å². The molecule has 1 aromatic heterocycles. The van der Waals surface area contributed by atoms with Crippen LogP contribution in [-0.2, 0) is 5.41 Å². The lowest BCUT2D eigenvalue weighted by atomic mass is 9.67. The second kappa shape index (κ2) is 13.6. The van der Waals surface area contributed by atoms with Crippen LogP contribution in [0.2, 0.25) is 0 Å². The van der Waals surface area contributed by atoms with Crippen LogP contribution < -0.4 is 4.74 Å². The number of hydrogen-bond acceptors (Lipinski definition) is 3. The normalized spacial score (nSPS) is 12.9. The zero-order valence-corrected chi connectivity index (χ0v) is 32.6. The average Bonchev–Trinajstić information content (AvgIpc) is 3.63. The maximum atomic E-state index is 6.65. The maximum absolute atomic E-state index is 6.65. The lowest BCUT2D eigenvalue weighted by molar-refractivity contribution is 0.487. The molecule has 0 N–H and O–H groups in total. The number of hydrogen-bond donors (Lipinski definition) is 0. The molecule has 1 aliphatic heterocycles. The lowest BCUT2D eigenvalue weighted by Gasteiger charge is -2.34. The minimum atomic E-state index is -0.515. The third-order valence-corrected chi connectivity index (χ3v) is 12.4. The summed E-state index contributed by atoms with van der Waals surface area (Å²) in [5.41, 5.74) is 16.2. The standard InChI is InChI=1S/C57H36N2O/c1-5-16-37(17-6-1)43-31-33-54-55-46(43)25-15-26-47(55)48-34-39(29-32-53(48)60-54)51-36-52(59-56(58-51)38-18-7-2-8-19-38)40-28-30-45-44-24-13-14-27-49(44)57(50(45)35-40,41-20-9-3-10-21-41)42-22-11-4-12-23-42/h1-36H. The zero-order valence-electron chi connectivity index (χ0n) is 32.6.